The van der Waals surface area contributed by atoms with E-state index in [9.17, 15) is 4.79 Å². The van der Waals surface area contributed by atoms with Gasteiger partial charge in [-0.05, 0) is 29.7 Å². The largest absolute Gasteiger partial charge is 0.493 e. The molecule has 6 nitrogen and oxygen atoms in total. The maximum atomic E-state index is 13.2. The first-order valence-corrected chi connectivity index (χ1v) is 8.53. The van der Waals surface area contributed by atoms with Crippen molar-refractivity contribution < 1.29 is 18.9 Å². The van der Waals surface area contributed by atoms with E-state index in [2.05, 4.69) is 0 Å². The van der Waals surface area contributed by atoms with Crippen LogP contribution in [0.1, 0.15) is 0 Å². The second kappa shape index (κ2) is 5.54. The molecule has 0 saturated carbocycles. The average Bonchev–Trinajstić information content (AvgIpc) is 3.15. The van der Waals surface area contributed by atoms with Crippen molar-refractivity contribution in [1.29, 1.82) is 0 Å². The first-order chi connectivity index (χ1) is 13.1. The topological polar surface area (TPSA) is 58.9 Å². The van der Waals surface area contributed by atoms with Crippen LogP contribution in [0.25, 0.3) is 32.4 Å². The Morgan fingerprint density at radius 2 is 1.67 bits per heavy atom. The van der Waals surface area contributed by atoms with Crippen molar-refractivity contribution in [2.75, 3.05) is 21.0 Å². The van der Waals surface area contributed by atoms with Gasteiger partial charge in [-0.2, -0.15) is 0 Å². The lowest BCUT2D eigenvalue weighted by atomic mass is 10.00. The van der Waals surface area contributed by atoms with Crippen LogP contribution in [0, 0.1) is 0 Å². The predicted molar refractivity (Wildman–Crippen MR) is 103 cm³/mol. The van der Waals surface area contributed by atoms with Crippen LogP contribution in [0.3, 0.4) is 0 Å². The lowest BCUT2D eigenvalue weighted by Gasteiger charge is -2.15. The molecular formula is C21H17NO5. The van der Waals surface area contributed by atoms with Crippen LogP contribution >= 0.6 is 0 Å². The third-order valence-electron chi connectivity index (χ3n) is 5.17. The van der Waals surface area contributed by atoms with Crippen molar-refractivity contribution in [1.82, 2.24) is 4.57 Å². The summed E-state index contributed by atoms with van der Waals surface area (Å²) in [5, 5.41) is 4.21. The third kappa shape index (κ3) is 2.04. The number of aromatic nitrogens is 1. The minimum atomic E-state index is -0.140. The molecule has 0 atom stereocenters. The predicted octanol–water partition coefficient (Wildman–Crippen LogP) is 3.59. The van der Waals surface area contributed by atoms with Gasteiger partial charge in [0.05, 0.1) is 25.1 Å². The highest BCUT2D eigenvalue weighted by Gasteiger charge is 2.20. The van der Waals surface area contributed by atoms with E-state index in [-0.39, 0.29) is 12.4 Å². The van der Waals surface area contributed by atoms with Crippen molar-refractivity contribution in [2.24, 2.45) is 7.05 Å². The fraction of sp³-hybridized carbons (Fsp3) is 0.190. The molecule has 0 bridgehead atoms. The molecule has 136 valence electrons. The number of nitrogens with zero attached hydrogens (tertiary/aromatic N) is 1. The Labute approximate surface area is 154 Å². The first-order valence-electron chi connectivity index (χ1n) is 8.53. The van der Waals surface area contributed by atoms with Gasteiger partial charge >= 0.3 is 0 Å². The zero-order chi connectivity index (χ0) is 18.7. The molecule has 2 heterocycles. The van der Waals surface area contributed by atoms with Gasteiger partial charge in [0, 0.05) is 23.2 Å². The van der Waals surface area contributed by atoms with Crippen LogP contribution in [0.4, 0.5) is 0 Å². The molecule has 3 aromatic carbocycles. The zero-order valence-electron chi connectivity index (χ0n) is 15.2. The molecular weight excluding hydrogens is 346 g/mol. The molecule has 6 heteroatoms. The van der Waals surface area contributed by atoms with Gasteiger partial charge < -0.3 is 23.5 Å². The summed E-state index contributed by atoms with van der Waals surface area (Å²) in [6, 6.07) is 11.7. The molecule has 1 aliphatic heterocycles. The maximum absolute atomic E-state index is 13.2. The number of rotatable bonds is 2. The van der Waals surface area contributed by atoms with Gasteiger partial charge in [-0.3, -0.25) is 4.79 Å². The number of hydrogen-bond donors (Lipinski definition) is 0. The standard InChI is InChI=1S/C21H17NO5/c1-22-19-13(5-4-11-8-16-17(9-14(11)19)27-10-26-16)12-6-7-15(24-2)20(25-3)18(12)21(22)23/h4-9H,10H2,1-3H3. The molecule has 0 aliphatic carbocycles. The van der Waals surface area contributed by atoms with Crippen molar-refractivity contribution in [2.45, 2.75) is 0 Å². The van der Waals surface area contributed by atoms with Crippen LogP contribution in [-0.2, 0) is 7.05 Å². The molecule has 0 N–H and O–H groups in total. The highest BCUT2D eigenvalue weighted by atomic mass is 16.7. The molecule has 1 aromatic heterocycles. The fourth-order valence-corrected chi connectivity index (χ4v) is 3.91. The number of hydrogen-bond acceptors (Lipinski definition) is 5. The SMILES string of the molecule is COc1ccc2c(c1OC)c(=O)n(C)c1c3cc4c(cc3ccc21)OCO4. The molecule has 4 aromatic rings. The van der Waals surface area contributed by atoms with Gasteiger partial charge in [0.2, 0.25) is 6.79 Å². The summed E-state index contributed by atoms with van der Waals surface area (Å²) in [4.78, 5) is 13.2. The van der Waals surface area contributed by atoms with E-state index < -0.39 is 0 Å². The second-order valence-electron chi connectivity index (χ2n) is 6.48. The van der Waals surface area contributed by atoms with E-state index in [1.807, 2.05) is 36.4 Å². The minimum absolute atomic E-state index is 0.140. The van der Waals surface area contributed by atoms with E-state index in [0.29, 0.717) is 22.6 Å². The van der Waals surface area contributed by atoms with Crippen LogP contribution in [0.15, 0.2) is 41.2 Å². The Kier molecular flexibility index (Phi) is 3.25. The van der Waals surface area contributed by atoms with Gasteiger partial charge in [0.1, 0.15) is 0 Å². The normalized spacial score (nSPS) is 12.9. The third-order valence-corrected chi connectivity index (χ3v) is 5.17. The maximum Gasteiger partial charge on any atom is 0.262 e. The Balaban J connectivity index is 2.01. The molecule has 0 unspecified atom stereocenters. The minimum Gasteiger partial charge on any atom is -0.493 e. The average molecular weight is 363 g/mol. The van der Waals surface area contributed by atoms with Gasteiger partial charge in [-0.25, -0.2) is 0 Å². The second-order valence-corrected chi connectivity index (χ2v) is 6.48. The molecule has 0 spiro atoms. The number of pyridine rings is 1. The number of benzene rings is 3. The summed E-state index contributed by atoms with van der Waals surface area (Å²) >= 11 is 0. The van der Waals surface area contributed by atoms with Crippen LogP contribution in [0.5, 0.6) is 23.0 Å². The molecule has 27 heavy (non-hydrogen) atoms. The Morgan fingerprint density at radius 1 is 0.926 bits per heavy atom. The van der Waals surface area contributed by atoms with E-state index in [4.69, 9.17) is 18.9 Å². The fourth-order valence-electron chi connectivity index (χ4n) is 3.91. The molecule has 0 radical (unpaired) electrons. The summed E-state index contributed by atoms with van der Waals surface area (Å²) in [5.41, 5.74) is 0.703. The van der Waals surface area contributed by atoms with Gasteiger partial charge in [-0.15, -0.1) is 0 Å². The van der Waals surface area contributed by atoms with Crippen molar-refractivity contribution in [3.8, 4) is 23.0 Å². The van der Waals surface area contributed by atoms with Gasteiger partial charge in [0.25, 0.3) is 5.56 Å². The summed E-state index contributed by atoms with van der Waals surface area (Å²) in [5.74, 6) is 2.39. The van der Waals surface area contributed by atoms with Crippen molar-refractivity contribution in [3.05, 3.63) is 46.8 Å². The lowest BCUT2D eigenvalue weighted by molar-refractivity contribution is 0.174. The number of methoxy groups -OCH3 is 2. The Morgan fingerprint density at radius 3 is 2.41 bits per heavy atom. The first kappa shape index (κ1) is 15.8. The Bertz CT molecular complexity index is 1310. The van der Waals surface area contributed by atoms with Crippen molar-refractivity contribution in [3.63, 3.8) is 0 Å². The lowest BCUT2D eigenvalue weighted by Crippen LogP contribution is -2.18. The molecule has 1 aliphatic rings. The molecule has 0 fully saturated rings. The van der Waals surface area contributed by atoms with Crippen LogP contribution in [-0.4, -0.2) is 25.6 Å². The van der Waals surface area contributed by atoms with Crippen LogP contribution < -0.4 is 24.5 Å². The van der Waals surface area contributed by atoms with Crippen molar-refractivity contribution >= 4 is 32.4 Å². The zero-order valence-corrected chi connectivity index (χ0v) is 15.2. The van der Waals surface area contributed by atoms with E-state index in [1.165, 1.54) is 0 Å². The number of fused-ring (bicyclic) bond motifs is 6. The smallest absolute Gasteiger partial charge is 0.262 e. The van der Waals surface area contributed by atoms with Gasteiger partial charge in [0.15, 0.2) is 23.0 Å². The number of ether oxygens (including phenoxy) is 4. The van der Waals surface area contributed by atoms with E-state index >= 15 is 0 Å². The van der Waals surface area contributed by atoms with Crippen LogP contribution in [0.2, 0.25) is 0 Å². The molecule has 0 amide bonds. The number of aryl methyl sites for hydroxylation is 1. The monoisotopic (exact) mass is 363 g/mol. The Hall–Kier alpha value is -3.41. The highest BCUT2D eigenvalue weighted by molar-refractivity contribution is 6.17. The van der Waals surface area contributed by atoms with E-state index in [1.54, 1.807) is 25.8 Å². The van der Waals surface area contributed by atoms with E-state index in [0.717, 1.165) is 32.8 Å². The molecule has 0 saturated heterocycles. The summed E-state index contributed by atoms with van der Waals surface area (Å²) < 4.78 is 23.5. The summed E-state index contributed by atoms with van der Waals surface area (Å²) in [6.07, 6.45) is 0. The summed E-state index contributed by atoms with van der Waals surface area (Å²) in [7, 11) is 4.88. The summed E-state index contributed by atoms with van der Waals surface area (Å²) in [6.45, 7) is 0.211. The quantitative estimate of drug-likeness (QED) is 0.510. The van der Waals surface area contributed by atoms with Gasteiger partial charge in [-0.1, -0.05) is 12.1 Å². The molecule has 5 rings (SSSR count). The highest BCUT2D eigenvalue weighted by Crippen LogP contribution is 2.41.